The molecule has 1 saturated carbocycles. The first-order chi connectivity index (χ1) is 5.50. The van der Waals surface area contributed by atoms with E-state index in [1.54, 1.807) is 13.8 Å². The second-order valence-electron chi connectivity index (χ2n) is 3.70. The molecule has 0 aromatic rings. The van der Waals surface area contributed by atoms with Crippen LogP contribution in [-0.2, 0) is 4.79 Å². The first-order valence-corrected chi connectivity index (χ1v) is 3.94. The second kappa shape index (κ2) is 2.77. The van der Waals surface area contributed by atoms with E-state index >= 15 is 0 Å². The van der Waals surface area contributed by atoms with Gasteiger partial charge in [-0.05, 0) is 12.8 Å². The Morgan fingerprint density at radius 2 is 2.25 bits per heavy atom. The van der Waals surface area contributed by atoms with Crippen LogP contribution in [0.2, 0.25) is 0 Å². The number of carboxylic acid groups (broad SMARTS) is 1. The van der Waals surface area contributed by atoms with E-state index in [-0.39, 0.29) is 0 Å². The highest BCUT2D eigenvalue weighted by molar-refractivity contribution is 5.96. The molecule has 0 aliphatic heterocycles. The summed E-state index contributed by atoms with van der Waals surface area (Å²) < 4.78 is 0. The van der Waals surface area contributed by atoms with E-state index in [0.717, 1.165) is 0 Å². The van der Waals surface area contributed by atoms with Crippen molar-refractivity contribution in [2.75, 3.05) is 0 Å². The zero-order chi connectivity index (χ0) is 9.35. The van der Waals surface area contributed by atoms with Crippen molar-refractivity contribution >= 4 is 11.7 Å². The maximum Gasteiger partial charge on any atom is 0.307 e. The number of carboxylic acids is 1. The molecule has 1 atom stereocenters. The maximum atomic E-state index is 10.7. The van der Waals surface area contributed by atoms with Gasteiger partial charge in [-0.15, -0.1) is 0 Å². The third-order valence-electron chi connectivity index (χ3n) is 2.70. The normalized spacial score (nSPS) is 30.8. The van der Waals surface area contributed by atoms with Crippen molar-refractivity contribution in [3.8, 4) is 0 Å². The number of hydrogen-bond donors (Lipinski definition) is 2. The van der Waals surface area contributed by atoms with E-state index in [9.17, 15) is 4.79 Å². The molecule has 0 aromatic heterocycles. The van der Waals surface area contributed by atoms with Gasteiger partial charge in [-0.2, -0.15) is 0 Å². The minimum absolute atomic E-state index is 0.414. The first-order valence-electron chi connectivity index (χ1n) is 3.94. The minimum atomic E-state index is -0.807. The summed E-state index contributed by atoms with van der Waals surface area (Å²) >= 11 is 0. The topological polar surface area (TPSA) is 69.9 Å². The minimum Gasteiger partial charge on any atom is -0.481 e. The molecule has 1 rings (SSSR count). The van der Waals surface area contributed by atoms with Crippen molar-refractivity contribution in [1.82, 2.24) is 0 Å². The van der Waals surface area contributed by atoms with Gasteiger partial charge in [-0.1, -0.05) is 19.0 Å². The molecule has 12 heavy (non-hydrogen) atoms. The van der Waals surface area contributed by atoms with Crippen LogP contribution in [0.5, 0.6) is 0 Å². The van der Waals surface area contributed by atoms with Gasteiger partial charge in [0, 0.05) is 5.41 Å². The summed E-state index contributed by atoms with van der Waals surface area (Å²) in [6.07, 6.45) is 1.15. The summed E-state index contributed by atoms with van der Waals surface area (Å²) in [5.41, 5.74) is 0.0931. The van der Waals surface area contributed by atoms with Crippen LogP contribution in [0.15, 0.2) is 5.16 Å². The second-order valence-corrected chi connectivity index (χ2v) is 3.70. The van der Waals surface area contributed by atoms with Gasteiger partial charge in [-0.3, -0.25) is 4.79 Å². The van der Waals surface area contributed by atoms with Crippen molar-refractivity contribution in [3.05, 3.63) is 0 Å². The molecule has 0 aromatic carbocycles. The molecule has 0 bridgehead atoms. The monoisotopic (exact) mass is 171 g/mol. The number of carbonyl (C=O) groups is 1. The molecule has 0 radical (unpaired) electrons. The van der Waals surface area contributed by atoms with Crippen LogP contribution < -0.4 is 0 Å². The summed E-state index contributed by atoms with van der Waals surface area (Å²) in [5.74, 6) is -1.22. The van der Waals surface area contributed by atoms with E-state index in [4.69, 9.17) is 10.3 Å². The van der Waals surface area contributed by atoms with E-state index in [0.29, 0.717) is 18.6 Å². The van der Waals surface area contributed by atoms with Gasteiger partial charge >= 0.3 is 5.97 Å². The summed E-state index contributed by atoms with van der Waals surface area (Å²) in [4.78, 5) is 10.7. The van der Waals surface area contributed by atoms with Crippen molar-refractivity contribution in [2.24, 2.45) is 16.5 Å². The van der Waals surface area contributed by atoms with Crippen molar-refractivity contribution in [2.45, 2.75) is 26.7 Å². The molecule has 1 aliphatic rings. The van der Waals surface area contributed by atoms with Gasteiger partial charge in [0.2, 0.25) is 0 Å². The van der Waals surface area contributed by atoms with Crippen LogP contribution in [0.1, 0.15) is 26.7 Å². The quantitative estimate of drug-likeness (QED) is 0.462. The molecule has 1 unspecified atom stereocenters. The number of oxime groups is 1. The largest absolute Gasteiger partial charge is 0.481 e. The van der Waals surface area contributed by atoms with E-state index in [1.165, 1.54) is 0 Å². The van der Waals surface area contributed by atoms with Gasteiger partial charge in [0.1, 0.15) is 0 Å². The summed E-state index contributed by atoms with van der Waals surface area (Å²) in [5, 5.41) is 20.5. The van der Waals surface area contributed by atoms with Gasteiger partial charge in [0.25, 0.3) is 0 Å². The molecule has 0 amide bonds. The Morgan fingerprint density at radius 1 is 1.67 bits per heavy atom. The molecule has 0 saturated heterocycles. The standard InChI is InChI=1S/C8H13NO3/c1-8(2)5(7(10)11)3-4-6(8)9-12/h5,12H,3-4H2,1-2H3,(H,10,11)/b9-6-. The lowest BCUT2D eigenvalue weighted by Gasteiger charge is -2.22. The highest BCUT2D eigenvalue weighted by Crippen LogP contribution is 2.40. The van der Waals surface area contributed by atoms with Gasteiger partial charge in [0.05, 0.1) is 11.6 Å². The zero-order valence-electron chi connectivity index (χ0n) is 7.24. The van der Waals surface area contributed by atoms with Crippen LogP contribution in [0.25, 0.3) is 0 Å². The molecule has 68 valence electrons. The number of nitrogens with zero attached hydrogens (tertiary/aromatic N) is 1. The van der Waals surface area contributed by atoms with Crippen LogP contribution >= 0.6 is 0 Å². The summed E-state index contributed by atoms with van der Waals surface area (Å²) in [6, 6.07) is 0. The van der Waals surface area contributed by atoms with Crippen molar-refractivity contribution < 1.29 is 15.1 Å². The summed E-state index contributed by atoms with van der Waals surface area (Å²) in [6.45, 7) is 3.60. The predicted octanol–water partition coefficient (Wildman–Crippen LogP) is 1.34. The Bertz CT molecular complexity index is 232. The van der Waals surface area contributed by atoms with Crippen LogP contribution in [0.3, 0.4) is 0 Å². The fourth-order valence-corrected chi connectivity index (χ4v) is 1.78. The third-order valence-corrected chi connectivity index (χ3v) is 2.70. The van der Waals surface area contributed by atoms with Gasteiger partial charge < -0.3 is 10.3 Å². The molecule has 2 N–H and O–H groups in total. The third kappa shape index (κ3) is 1.17. The smallest absolute Gasteiger partial charge is 0.307 e. The van der Waals surface area contributed by atoms with Crippen LogP contribution in [-0.4, -0.2) is 22.0 Å². The van der Waals surface area contributed by atoms with Gasteiger partial charge in [-0.25, -0.2) is 0 Å². The fraction of sp³-hybridized carbons (Fsp3) is 0.750. The maximum absolute atomic E-state index is 10.7. The molecule has 1 aliphatic carbocycles. The number of hydrogen-bond acceptors (Lipinski definition) is 3. The molecule has 4 nitrogen and oxygen atoms in total. The Balaban J connectivity index is 2.92. The average Bonchev–Trinajstić information content (AvgIpc) is 2.24. The molecule has 4 heteroatoms. The molecular weight excluding hydrogens is 158 g/mol. The Labute approximate surface area is 70.9 Å². The Morgan fingerprint density at radius 3 is 2.50 bits per heavy atom. The lowest BCUT2D eigenvalue weighted by molar-refractivity contribution is -0.143. The van der Waals surface area contributed by atoms with Crippen LogP contribution in [0.4, 0.5) is 0 Å². The SMILES string of the molecule is CC1(C)/C(=N\O)CCC1C(=O)O. The predicted molar refractivity (Wildman–Crippen MR) is 43.4 cm³/mol. The lowest BCUT2D eigenvalue weighted by Crippen LogP contribution is -2.30. The van der Waals surface area contributed by atoms with E-state index in [1.807, 2.05) is 0 Å². The Kier molecular flexibility index (Phi) is 2.08. The van der Waals surface area contributed by atoms with E-state index in [2.05, 4.69) is 5.16 Å². The van der Waals surface area contributed by atoms with Gasteiger partial charge in [0.15, 0.2) is 0 Å². The van der Waals surface area contributed by atoms with Crippen molar-refractivity contribution in [3.63, 3.8) is 0 Å². The van der Waals surface area contributed by atoms with E-state index < -0.39 is 17.3 Å². The Hall–Kier alpha value is -1.06. The average molecular weight is 171 g/mol. The lowest BCUT2D eigenvalue weighted by atomic mass is 9.81. The molecular formula is C8H13NO3. The summed E-state index contributed by atoms with van der Waals surface area (Å²) in [7, 11) is 0. The highest BCUT2D eigenvalue weighted by Gasteiger charge is 2.44. The molecule has 0 heterocycles. The highest BCUT2D eigenvalue weighted by atomic mass is 16.4. The molecule has 0 spiro atoms. The molecule has 1 fully saturated rings. The van der Waals surface area contributed by atoms with Crippen LogP contribution in [0, 0.1) is 11.3 Å². The van der Waals surface area contributed by atoms with Crippen molar-refractivity contribution in [1.29, 1.82) is 0 Å². The first kappa shape index (κ1) is 9.03. The number of rotatable bonds is 1. The fourth-order valence-electron chi connectivity index (χ4n) is 1.78. The number of aliphatic carboxylic acids is 1. The zero-order valence-corrected chi connectivity index (χ0v) is 7.24.